The number of rotatable bonds is 8. The molecule has 0 radical (unpaired) electrons. The Labute approximate surface area is 148 Å². The molecule has 0 fully saturated rings. The van der Waals surface area contributed by atoms with Gasteiger partial charge in [0.1, 0.15) is 19.0 Å². The van der Waals surface area contributed by atoms with Gasteiger partial charge in [-0.3, -0.25) is 0 Å². The predicted molar refractivity (Wildman–Crippen MR) is 97.8 cm³/mol. The summed E-state index contributed by atoms with van der Waals surface area (Å²) in [5.74, 6) is 2.90. The van der Waals surface area contributed by atoms with E-state index in [0.29, 0.717) is 37.0 Å². The van der Waals surface area contributed by atoms with Crippen molar-refractivity contribution in [3.63, 3.8) is 0 Å². The molecule has 0 saturated heterocycles. The molecule has 0 aliphatic carbocycles. The van der Waals surface area contributed by atoms with Gasteiger partial charge in [-0.25, -0.2) is 0 Å². The highest BCUT2D eigenvalue weighted by Crippen LogP contribution is 2.36. The van der Waals surface area contributed by atoms with Crippen LogP contribution in [0.4, 0.5) is 0 Å². The fourth-order valence-corrected chi connectivity index (χ4v) is 2.70. The number of hydrogen-bond acceptors (Lipinski definition) is 5. The Morgan fingerprint density at radius 2 is 1.76 bits per heavy atom. The molecule has 2 aromatic carbocycles. The highest BCUT2D eigenvalue weighted by atomic mass is 16.5. The lowest BCUT2D eigenvalue weighted by atomic mass is 10.1. The largest absolute Gasteiger partial charge is 0.493 e. The second-order valence-corrected chi connectivity index (χ2v) is 5.65. The van der Waals surface area contributed by atoms with Crippen LogP contribution in [0.15, 0.2) is 48.0 Å². The Bertz CT molecular complexity index is 720. The van der Waals surface area contributed by atoms with E-state index in [1.54, 1.807) is 14.2 Å². The molecule has 0 amide bonds. The first kappa shape index (κ1) is 17.2. The van der Waals surface area contributed by atoms with Crippen molar-refractivity contribution in [1.29, 1.82) is 0 Å². The first-order chi connectivity index (χ1) is 12.3. The number of nitrogens with one attached hydrogen (secondary N) is 1. The van der Waals surface area contributed by atoms with E-state index in [9.17, 15) is 0 Å². The molecule has 0 bridgehead atoms. The summed E-state index contributed by atoms with van der Waals surface area (Å²) < 4.78 is 22.2. The number of fused-ring (bicyclic) bond motifs is 1. The van der Waals surface area contributed by atoms with E-state index in [-0.39, 0.29) is 0 Å². The zero-order valence-electron chi connectivity index (χ0n) is 14.6. The second-order valence-electron chi connectivity index (χ2n) is 5.65. The smallest absolute Gasteiger partial charge is 0.203 e. The molecule has 132 valence electrons. The fraction of sp³-hybridized carbons (Fsp3) is 0.300. The summed E-state index contributed by atoms with van der Waals surface area (Å²) in [5, 5.41) is 3.38. The summed E-state index contributed by atoms with van der Waals surface area (Å²) in [7, 11) is 3.24. The number of ether oxygens (including phenoxy) is 4. The van der Waals surface area contributed by atoms with Crippen LogP contribution in [-0.4, -0.2) is 40.5 Å². The normalized spacial score (nSPS) is 12.6. The van der Waals surface area contributed by atoms with Crippen molar-refractivity contribution >= 4 is 6.08 Å². The van der Waals surface area contributed by atoms with Crippen molar-refractivity contribution in [2.45, 2.75) is 0 Å². The zero-order chi connectivity index (χ0) is 17.5. The SMILES string of the molecule is COc1cccc(OC)c1OCCNCC1=Cc2ccccc2OC1. The third-order valence-electron chi connectivity index (χ3n) is 3.95. The lowest BCUT2D eigenvalue weighted by Crippen LogP contribution is -2.26. The molecule has 5 nitrogen and oxygen atoms in total. The molecule has 1 N–H and O–H groups in total. The van der Waals surface area contributed by atoms with E-state index in [1.807, 2.05) is 36.4 Å². The van der Waals surface area contributed by atoms with Crippen LogP contribution in [0.25, 0.3) is 6.08 Å². The van der Waals surface area contributed by atoms with Gasteiger partial charge in [0.15, 0.2) is 11.5 Å². The molecule has 0 saturated carbocycles. The zero-order valence-corrected chi connectivity index (χ0v) is 14.6. The Morgan fingerprint density at radius 1 is 1.00 bits per heavy atom. The van der Waals surface area contributed by atoms with E-state index < -0.39 is 0 Å². The summed E-state index contributed by atoms with van der Waals surface area (Å²) in [6.45, 7) is 2.60. The number of benzene rings is 2. The lowest BCUT2D eigenvalue weighted by molar-refractivity contribution is 0.273. The van der Waals surface area contributed by atoms with Crippen LogP contribution in [0, 0.1) is 0 Å². The Hall–Kier alpha value is -2.66. The topological polar surface area (TPSA) is 49.0 Å². The highest BCUT2D eigenvalue weighted by Gasteiger charge is 2.12. The number of methoxy groups -OCH3 is 2. The van der Waals surface area contributed by atoms with Gasteiger partial charge < -0.3 is 24.3 Å². The molecule has 1 aliphatic heterocycles. The van der Waals surface area contributed by atoms with Crippen molar-refractivity contribution in [2.24, 2.45) is 0 Å². The van der Waals surface area contributed by atoms with Gasteiger partial charge in [0, 0.05) is 18.7 Å². The molecule has 5 heteroatoms. The molecule has 2 aromatic rings. The van der Waals surface area contributed by atoms with Crippen LogP contribution >= 0.6 is 0 Å². The molecular formula is C20H23NO4. The third kappa shape index (κ3) is 4.25. The Kier molecular flexibility index (Phi) is 5.80. The third-order valence-corrected chi connectivity index (χ3v) is 3.95. The highest BCUT2D eigenvalue weighted by molar-refractivity contribution is 5.62. The van der Waals surface area contributed by atoms with Gasteiger partial charge in [-0.05, 0) is 29.8 Å². The van der Waals surface area contributed by atoms with Gasteiger partial charge in [-0.2, -0.15) is 0 Å². The molecule has 0 atom stereocenters. The monoisotopic (exact) mass is 341 g/mol. The molecule has 0 aromatic heterocycles. The van der Waals surface area contributed by atoms with Gasteiger partial charge in [0.25, 0.3) is 0 Å². The van der Waals surface area contributed by atoms with Gasteiger partial charge in [0.2, 0.25) is 5.75 Å². The summed E-state index contributed by atoms with van der Waals surface area (Å²) in [5.41, 5.74) is 2.34. The average molecular weight is 341 g/mol. The van der Waals surface area contributed by atoms with Gasteiger partial charge in [0.05, 0.1) is 14.2 Å². The maximum atomic E-state index is 5.83. The predicted octanol–water partition coefficient (Wildman–Crippen LogP) is 3.15. The van der Waals surface area contributed by atoms with E-state index in [0.717, 1.165) is 17.9 Å². The van der Waals surface area contributed by atoms with Crippen LogP contribution in [-0.2, 0) is 0 Å². The van der Waals surface area contributed by atoms with Gasteiger partial charge in [-0.1, -0.05) is 24.3 Å². The van der Waals surface area contributed by atoms with Crippen LogP contribution in [0.1, 0.15) is 5.56 Å². The number of hydrogen-bond donors (Lipinski definition) is 1. The van der Waals surface area contributed by atoms with E-state index in [1.165, 1.54) is 5.57 Å². The standard InChI is InChI=1S/C20H23NO4/c1-22-18-8-5-9-19(23-2)20(18)24-11-10-21-13-15-12-16-6-3-4-7-17(16)25-14-15/h3-9,12,21H,10-11,13-14H2,1-2H3. The Morgan fingerprint density at radius 3 is 2.52 bits per heavy atom. The molecule has 1 aliphatic rings. The molecular weight excluding hydrogens is 318 g/mol. The fourth-order valence-electron chi connectivity index (χ4n) is 2.70. The summed E-state index contributed by atoms with van der Waals surface area (Å²) in [6, 6.07) is 13.6. The first-order valence-corrected chi connectivity index (χ1v) is 8.27. The van der Waals surface area contributed by atoms with Crippen molar-refractivity contribution in [2.75, 3.05) is 40.5 Å². The minimum atomic E-state index is 0.515. The minimum Gasteiger partial charge on any atom is -0.493 e. The molecule has 25 heavy (non-hydrogen) atoms. The molecule has 3 rings (SSSR count). The van der Waals surface area contributed by atoms with E-state index in [4.69, 9.17) is 18.9 Å². The van der Waals surface area contributed by atoms with Crippen LogP contribution < -0.4 is 24.3 Å². The maximum Gasteiger partial charge on any atom is 0.203 e. The maximum absolute atomic E-state index is 5.83. The number of para-hydroxylation sites is 2. The summed E-state index contributed by atoms with van der Waals surface area (Å²) >= 11 is 0. The first-order valence-electron chi connectivity index (χ1n) is 8.27. The van der Waals surface area contributed by atoms with Crippen LogP contribution in [0.2, 0.25) is 0 Å². The second kappa shape index (κ2) is 8.44. The summed E-state index contributed by atoms with van der Waals surface area (Å²) in [4.78, 5) is 0. The van der Waals surface area contributed by atoms with Crippen molar-refractivity contribution in [3.8, 4) is 23.0 Å². The van der Waals surface area contributed by atoms with Crippen LogP contribution in [0.3, 0.4) is 0 Å². The minimum absolute atomic E-state index is 0.515. The molecule has 1 heterocycles. The molecule has 0 unspecified atom stereocenters. The van der Waals surface area contributed by atoms with Gasteiger partial charge in [-0.15, -0.1) is 0 Å². The summed E-state index contributed by atoms with van der Waals surface area (Å²) in [6.07, 6.45) is 2.18. The Balaban J connectivity index is 1.48. The van der Waals surface area contributed by atoms with E-state index in [2.05, 4.69) is 17.5 Å². The molecule has 0 spiro atoms. The van der Waals surface area contributed by atoms with E-state index >= 15 is 0 Å². The van der Waals surface area contributed by atoms with Gasteiger partial charge >= 0.3 is 0 Å². The quantitative estimate of drug-likeness (QED) is 0.748. The van der Waals surface area contributed by atoms with Crippen LogP contribution in [0.5, 0.6) is 23.0 Å². The van der Waals surface area contributed by atoms with Crippen molar-refractivity contribution < 1.29 is 18.9 Å². The average Bonchev–Trinajstić information content (AvgIpc) is 2.67. The van der Waals surface area contributed by atoms with Crippen molar-refractivity contribution in [3.05, 3.63) is 53.6 Å². The lowest BCUT2D eigenvalue weighted by Gasteiger charge is -2.18. The van der Waals surface area contributed by atoms with Crippen molar-refractivity contribution in [1.82, 2.24) is 5.32 Å².